The summed E-state index contributed by atoms with van der Waals surface area (Å²) in [5.41, 5.74) is 0. The number of rotatable bonds is 44. The average molecular weight is 2110 g/mol. The Morgan fingerprint density at radius 2 is 0.381 bits per heavy atom. The minimum Gasteiger partial charge on any atom is -0.726 e. The predicted octanol–water partition coefficient (Wildman–Crippen LogP) is -52.0. The molecule has 20 atom stereocenters. The van der Waals surface area contributed by atoms with Crippen molar-refractivity contribution in [2.75, 3.05) is 33.0 Å². The van der Waals surface area contributed by atoms with E-state index in [2.05, 4.69) is 54.4 Å². The maximum absolute atomic E-state index is 12.9. The van der Waals surface area contributed by atoms with Gasteiger partial charge in [-0.3, -0.25) is 54.4 Å². The van der Waals surface area contributed by atoms with Crippen LogP contribution in [0.15, 0.2) is 0 Å². The van der Waals surface area contributed by atoms with Crippen molar-refractivity contribution in [2.24, 2.45) is 0 Å². The van der Waals surface area contributed by atoms with E-state index < -0.39 is 291 Å². The van der Waals surface area contributed by atoms with Gasteiger partial charge >= 0.3 is 384 Å². The van der Waals surface area contributed by atoms with Gasteiger partial charge < -0.3 is 97.1 Å². The molecule has 118 heavy (non-hydrogen) atoms. The Morgan fingerprint density at radius 1 is 0.212 bits per heavy atom. The minimum absolute atomic E-state index is 0. The average Bonchev–Trinajstić information content (AvgIpc) is 0.751. The molecule has 4 aliphatic heterocycles. The number of unbranched alkanes of at least 4 members (excludes halogenated alkanes) is 5. The Kier molecular flexibility index (Phi) is 79.7. The van der Waals surface area contributed by atoms with E-state index in [0.29, 0.717) is 25.7 Å². The first kappa shape index (κ1) is 149. The molecule has 0 spiro atoms. The van der Waals surface area contributed by atoms with E-state index in [1.807, 2.05) is 0 Å². The SMILES string of the molecule is CCCCCCCCOC1O[C@H](COS(=O)(=O)[O-])[C@@H](OS(=O)(=O)[O-])[C@H](O[C@@H]2O[C@H](COS(=O)(=O)[O-])[C@@H](OS(=O)(=O)[O-])[C@H](O[C@@H]3O[C@H](COS(=O)(=O)[O-])[C@@H](OS(=O)(=O)[O-])[C@H](O[C@@H]4O[C@H](COS(=O)(=O)[O-])[C@@H](OS(=O)(=O)[O-])[C@H](OS(=O)(=O)[O-])[C@H]4OS(=O)(=O)[O-])[C@H]3OS(=O)(=O)[O-])[C@H]2OS(=O)(=O)[O-])[C@H]1OS(=O)(=O)[O-].[Na+].[Na+].[Na+].[Na+].[Na+].[Na+].[Na+].[Na+].[Na+].[Na+].[Na+].[Na+].[Na+]. The summed E-state index contributed by atoms with van der Waals surface area (Å²) in [6.45, 7) is -8.67. The van der Waals surface area contributed by atoms with Crippen molar-refractivity contribution in [1.29, 1.82) is 0 Å². The van der Waals surface area contributed by atoms with Gasteiger partial charge in [-0.25, -0.2) is 109 Å². The van der Waals surface area contributed by atoms with Gasteiger partial charge in [0.1, 0.15) is 73.2 Å². The van der Waals surface area contributed by atoms with Gasteiger partial charge in [0.2, 0.25) is 135 Å². The first-order valence-corrected chi connectivity index (χ1v) is 43.8. The largest absolute Gasteiger partial charge is 1.00 e. The molecule has 0 aromatic heterocycles. The molecule has 86 heteroatoms. The minimum atomic E-state index is -7.21. The zero-order chi connectivity index (χ0) is 80.7. The van der Waals surface area contributed by atoms with Crippen molar-refractivity contribution in [3.63, 3.8) is 0 Å². The molecular formula is C32H45Na13O60S13. The Hall–Kier alpha value is 11.0. The second kappa shape index (κ2) is 63.0. The Morgan fingerprint density at radius 3 is 0.593 bits per heavy atom. The molecule has 60 nitrogen and oxygen atoms in total. The summed E-state index contributed by atoms with van der Waals surface area (Å²) >= 11 is 0. The molecule has 0 amide bonds. The molecule has 4 saturated heterocycles. The summed E-state index contributed by atoms with van der Waals surface area (Å²) in [7, 11) is -88.0. The zero-order valence-electron chi connectivity index (χ0n) is 63.1. The van der Waals surface area contributed by atoms with Gasteiger partial charge in [-0.2, -0.15) is 0 Å². The first-order chi connectivity index (χ1) is 47.1. The van der Waals surface area contributed by atoms with Crippen LogP contribution in [0, 0.1) is 0 Å². The molecule has 0 aliphatic carbocycles. The van der Waals surface area contributed by atoms with E-state index in [1.165, 1.54) is 0 Å². The van der Waals surface area contributed by atoms with Crippen molar-refractivity contribution in [2.45, 2.75) is 168 Å². The Bertz CT molecular complexity index is 4550. The third-order valence-electron chi connectivity index (χ3n) is 12.6. The van der Waals surface area contributed by atoms with Crippen LogP contribution in [0.5, 0.6) is 0 Å². The van der Waals surface area contributed by atoms with Crippen LogP contribution in [0.1, 0.15) is 45.4 Å². The molecule has 1 unspecified atom stereocenters. The molecule has 0 aromatic rings. The van der Waals surface area contributed by atoms with Gasteiger partial charge in [-0.1, -0.05) is 39.0 Å². The summed E-state index contributed by atoms with van der Waals surface area (Å²) in [4.78, 5) is 0. The van der Waals surface area contributed by atoms with Crippen molar-refractivity contribution in [3.05, 3.63) is 0 Å². The van der Waals surface area contributed by atoms with Crippen LogP contribution in [0.25, 0.3) is 0 Å². The maximum Gasteiger partial charge on any atom is 1.00 e. The van der Waals surface area contributed by atoms with E-state index in [-0.39, 0.29) is 397 Å². The molecule has 0 aromatic carbocycles. The van der Waals surface area contributed by atoms with Gasteiger partial charge in [0, 0.05) is 6.61 Å². The standard InChI is InChI=1S/C32H58O60S13.13Na/c1-2-3-4-5-6-7-8-72-29-25(89-102(60,61)62)21(17(84-97(45,46)47)13(77-29)9-73-93(33,34)35)81-30-26(90-103(63,64)65)22(18(85-98(48,49)50)14(78-30)10-74-94(36,37)38)82-31-27(91-104(66,67)68)23(19(86-99(51,52)53)15(79-31)11-75-95(39,40)41)83-32-28(92-105(69,70)71)24(88-101(57,58)59)20(87-100(54,55)56)16(80-32)12-76-96(42,43)44;;;;;;;;;;;;;/h13-32H,2-12H2,1H3,(H,33,34,35)(H,36,37,38)(H,39,40,41)(H,42,43,44)(H,45,46,47)(H,48,49,50)(H,51,52,53)(H,54,55,56)(H,57,58,59)(H,60,61,62)(H,63,64,65)(H,66,67,68)(H,69,70,71);;;;;;;;;;;;;/q;13*+1/p-13/t13-,14-,15-,16-,17-,18-,19-,20-,21+,22+,23+,24+,25-,26-,27-,28-,29?,30+,31+,32+;;;;;;;;;;;;;/m1............./s1. The van der Waals surface area contributed by atoms with E-state index in [0.717, 1.165) is 0 Å². The topological polar surface area (TPSA) is 937 Å². The number of hydrogen-bond donors (Lipinski definition) is 0. The van der Waals surface area contributed by atoms with E-state index in [4.69, 9.17) is 37.9 Å². The number of ether oxygens (including phenoxy) is 8. The van der Waals surface area contributed by atoms with Crippen LogP contribution in [0.3, 0.4) is 0 Å². The summed E-state index contributed by atoms with van der Waals surface area (Å²) < 4.78 is 574. The second-order valence-electron chi connectivity index (χ2n) is 20.1. The van der Waals surface area contributed by atoms with Crippen LogP contribution in [-0.2, 0) is 227 Å². The molecular weight excluding hydrogens is 2060 g/mol. The van der Waals surface area contributed by atoms with Crippen LogP contribution in [0.4, 0.5) is 0 Å². The summed E-state index contributed by atoms with van der Waals surface area (Å²) in [6.07, 6.45) is -73.7. The fourth-order valence-electron chi connectivity index (χ4n) is 9.34. The van der Waals surface area contributed by atoms with Crippen molar-refractivity contribution >= 4 is 135 Å². The predicted molar refractivity (Wildman–Crippen MR) is 282 cm³/mol. The molecule has 0 radical (unpaired) electrons. The number of hydrogen-bond acceptors (Lipinski definition) is 60. The molecule has 0 saturated carbocycles. The third-order valence-corrected chi connectivity index (χ3v) is 18.4. The van der Waals surface area contributed by atoms with E-state index >= 15 is 0 Å². The summed E-state index contributed by atoms with van der Waals surface area (Å²) in [6, 6.07) is 0. The molecule has 624 valence electrons. The Balaban J connectivity index is -0.00000112. The normalized spacial score (nSPS) is 28.1. The van der Waals surface area contributed by atoms with Crippen LogP contribution >= 0.6 is 0 Å². The van der Waals surface area contributed by atoms with Crippen LogP contribution in [0.2, 0.25) is 0 Å². The molecule has 4 heterocycles. The van der Waals surface area contributed by atoms with Crippen LogP contribution in [-0.4, -0.2) is 324 Å². The van der Waals surface area contributed by atoms with Crippen LogP contribution < -0.4 is 384 Å². The Labute approximate surface area is 963 Å². The molecule has 0 N–H and O–H groups in total. The van der Waals surface area contributed by atoms with Gasteiger partial charge in [0.05, 0.1) is 26.4 Å². The maximum atomic E-state index is 12.9. The fraction of sp³-hybridized carbons (Fsp3) is 1.00. The van der Waals surface area contributed by atoms with E-state index in [9.17, 15) is 169 Å². The first-order valence-electron chi connectivity index (χ1n) is 26.4. The smallest absolute Gasteiger partial charge is 0.726 e. The van der Waals surface area contributed by atoms with Gasteiger partial charge in [0.25, 0.3) is 0 Å². The molecule has 0 bridgehead atoms. The van der Waals surface area contributed by atoms with E-state index in [1.54, 1.807) is 6.92 Å². The fourth-order valence-corrected chi connectivity index (χ4v) is 14.9. The zero-order valence-corrected chi connectivity index (χ0v) is 99.7. The molecule has 4 fully saturated rings. The van der Waals surface area contributed by atoms with Gasteiger partial charge in [-0.05, 0) is 6.42 Å². The van der Waals surface area contributed by atoms with Gasteiger partial charge in [-0.15, -0.1) is 0 Å². The quantitative estimate of drug-likeness (QED) is 0.0237. The molecule has 4 rings (SSSR count). The van der Waals surface area contributed by atoms with Crippen molar-refractivity contribution in [1.82, 2.24) is 0 Å². The van der Waals surface area contributed by atoms with Crippen molar-refractivity contribution < 1.29 is 645 Å². The molecule has 4 aliphatic rings. The van der Waals surface area contributed by atoms with Crippen molar-refractivity contribution in [3.8, 4) is 0 Å². The summed E-state index contributed by atoms with van der Waals surface area (Å²) in [5, 5.41) is 0. The third kappa shape index (κ3) is 61.5. The second-order valence-corrected chi connectivity index (χ2v) is 33.4. The monoisotopic (exact) mass is 2100 g/mol. The van der Waals surface area contributed by atoms with Gasteiger partial charge in [0.15, 0.2) is 49.6 Å². The summed E-state index contributed by atoms with van der Waals surface area (Å²) in [5.74, 6) is 0.